The minimum absolute atomic E-state index is 0.0483. The normalized spacial score (nSPS) is 15.3. The van der Waals surface area contributed by atoms with E-state index in [1.165, 1.54) is 6.07 Å². The number of rotatable bonds is 6. The van der Waals surface area contributed by atoms with Gasteiger partial charge in [0.1, 0.15) is 5.82 Å². The lowest BCUT2D eigenvalue weighted by atomic mass is 9.87. The lowest BCUT2D eigenvalue weighted by Crippen LogP contribution is -2.34. The summed E-state index contributed by atoms with van der Waals surface area (Å²) in [6.07, 6.45) is 0.784. The molecule has 1 aromatic carbocycles. The summed E-state index contributed by atoms with van der Waals surface area (Å²) in [5.41, 5.74) is 0.431. The number of aliphatic hydroxyl groups excluding tert-OH is 1. The first-order valence-corrected chi connectivity index (χ1v) is 7.59. The first-order valence-electron chi connectivity index (χ1n) is 6.00. The van der Waals surface area contributed by atoms with Crippen LogP contribution in [0.1, 0.15) is 38.2 Å². The molecule has 0 saturated carbocycles. The zero-order valence-corrected chi connectivity index (χ0v) is 12.6. The van der Waals surface area contributed by atoms with E-state index in [1.807, 2.05) is 0 Å². The van der Waals surface area contributed by atoms with Crippen LogP contribution >= 0.6 is 11.6 Å². The summed E-state index contributed by atoms with van der Waals surface area (Å²) in [5.74, 6) is -0.757. The third-order valence-electron chi connectivity index (χ3n) is 3.18. The topological polar surface area (TPSA) is 63.3 Å². The molecule has 0 radical (unpaired) electrons. The molecule has 0 heterocycles. The molecule has 1 aromatic rings. The van der Waals surface area contributed by atoms with Gasteiger partial charge in [-0.15, -0.1) is 0 Å². The lowest BCUT2D eigenvalue weighted by molar-refractivity contribution is 0.268. The van der Waals surface area contributed by atoms with E-state index >= 15 is 0 Å². The van der Waals surface area contributed by atoms with E-state index in [0.717, 1.165) is 0 Å². The van der Waals surface area contributed by atoms with Crippen molar-refractivity contribution in [1.82, 2.24) is 0 Å². The second kappa shape index (κ2) is 6.79. The van der Waals surface area contributed by atoms with Gasteiger partial charge in [-0.2, -0.15) is 0 Å². The molecule has 0 aliphatic rings. The number of aliphatic hydroxyl groups is 1. The summed E-state index contributed by atoms with van der Waals surface area (Å²) in [5, 5.41) is 14.6. The van der Waals surface area contributed by atoms with E-state index in [4.69, 9.17) is 21.8 Å². The predicted molar refractivity (Wildman–Crippen MR) is 76.9 cm³/mol. The molecule has 3 N–H and O–H groups in total. The van der Waals surface area contributed by atoms with Crippen LogP contribution < -0.4 is 5.14 Å². The van der Waals surface area contributed by atoms with Crippen molar-refractivity contribution in [3.63, 3.8) is 0 Å². The van der Waals surface area contributed by atoms with Crippen LogP contribution in [0.5, 0.6) is 0 Å². The van der Waals surface area contributed by atoms with Crippen LogP contribution in [0.25, 0.3) is 0 Å². The van der Waals surface area contributed by atoms with Crippen LogP contribution in [0.2, 0.25) is 5.02 Å². The third kappa shape index (κ3) is 4.24. The Hall–Kier alpha value is -0.490. The average molecular weight is 308 g/mol. The number of halogens is 2. The largest absolute Gasteiger partial charge is 0.396 e. The molecule has 108 valence electrons. The van der Waals surface area contributed by atoms with Gasteiger partial charge in [-0.1, -0.05) is 23.7 Å². The summed E-state index contributed by atoms with van der Waals surface area (Å²) in [6, 6.07) is 4.78. The van der Waals surface area contributed by atoms with E-state index < -0.39 is 21.5 Å². The van der Waals surface area contributed by atoms with Gasteiger partial charge >= 0.3 is 0 Å². The van der Waals surface area contributed by atoms with Gasteiger partial charge in [0.2, 0.25) is 0 Å². The summed E-state index contributed by atoms with van der Waals surface area (Å²) in [7, 11) is -1.52. The Bertz CT molecular complexity index is 468. The standard InChI is InChI=1S/C13H19ClFNO2S/c1-13(2,19(16)18)8-9(6-7-17)10-4-3-5-11(14)12(10)15/h3-5,9,17H,6-8,16H2,1-2H3/t9-,19?/m0/s1. The summed E-state index contributed by atoms with van der Waals surface area (Å²) in [6.45, 7) is 3.44. The fourth-order valence-corrected chi connectivity index (χ4v) is 2.58. The van der Waals surface area contributed by atoms with Crippen molar-refractivity contribution in [3.05, 3.63) is 34.6 Å². The molecule has 0 saturated heterocycles. The van der Waals surface area contributed by atoms with E-state index in [-0.39, 0.29) is 17.5 Å². The highest BCUT2D eigenvalue weighted by Crippen LogP contribution is 2.34. The van der Waals surface area contributed by atoms with E-state index in [9.17, 15) is 8.60 Å². The van der Waals surface area contributed by atoms with Gasteiger partial charge in [-0.3, -0.25) is 5.14 Å². The zero-order chi connectivity index (χ0) is 14.6. The van der Waals surface area contributed by atoms with Crippen LogP contribution in [0.3, 0.4) is 0 Å². The first kappa shape index (κ1) is 16.6. The number of hydrogen-bond donors (Lipinski definition) is 2. The van der Waals surface area contributed by atoms with Crippen LogP contribution in [-0.2, 0) is 11.0 Å². The minimum atomic E-state index is -1.52. The Kier molecular flexibility index (Phi) is 5.92. The number of hydrogen-bond acceptors (Lipinski definition) is 2. The molecular weight excluding hydrogens is 289 g/mol. The molecule has 0 bridgehead atoms. The molecule has 19 heavy (non-hydrogen) atoms. The predicted octanol–water partition coefficient (Wildman–Crippen LogP) is 2.74. The minimum Gasteiger partial charge on any atom is -0.396 e. The highest BCUT2D eigenvalue weighted by molar-refractivity contribution is 7.84. The number of nitrogens with two attached hydrogens (primary N) is 1. The molecular formula is C13H19ClFNO2S. The Morgan fingerprint density at radius 1 is 1.53 bits per heavy atom. The molecule has 3 nitrogen and oxygen atoms in total. The van der Waals surface area contributed by atoms with Gasteiger partial charge < -0.3 is 5.11 Å². The summed E-state index contributed by atoms with van der Waals surface area (Å²) in [4.78, 5) is 0. The Labute approximate surface area is 120 Å². The summed E-state index contributed by atoms with van der Waals surface area (Å²) < 4.78 is 24.9. The van der Waals surface area contributed by atoms with Gasteiger partial charge in [0.25, 0.3) is 0 Å². The van der Waals surface area contributed by atoms with Gasteiger partial charge in [0.05, 0.1) is 20.8 Å². The van der Waals surface area contributed by atoms with Gasteiger partial charge in [0.15, 0.2) is 0 Å². The quantitative estimate of drug-likeness (QED) is 0.849. The van der Waals surface area contributed by atoms with Gasteiger partial charge in [0, 0.05) is 6.61 Å². The monoisotopic (exact) mass is 307 g/mol. The van der Waals surface area contributed by atoms with Crippen LogP contribution in [0, 0.1) is 5.82 Å². The van der Waals surface area contributed by atoms with Crippen molar-refractivity contribution >= 4 is 22.6 Å². The molecule has 2 atom stereocenters. The fourth-order valence-electron chi connectivity index (χ4n) is 2.03. The first-order chi connectivity index (χ1) is 8.79. The molecule has 0 aliphatic carbocycles. The van der Waals surface area contributed by atoms with Crippen molar-refractivity contribution in [1.29, 1.82) is 0 Å². The molecule has 0 fully saturated rings. The third-order valence-corrected chi connectivity index (χ3v) is 4.73. The number of benzene rings is 1. The van der Waals surface area contributed by atoms with E-state index in [0.29, 0.717) is 18.4 Å². The Balaban J connectivity index is 3.07. The van der Waals surface area contributed by atoms with Crippen molar-refractivity contribution in [2.24, 2.45) is 5.14 Å². The van der Waals surface area contributed by atoms with Gasteiger partial charge in [-0.25, -0.2) is 8.60 Å². The molecule has 0 aliphatic heterocycles. The van der Waals surface area contributed by atoms with Gasteiger partial charge in [-0.05, 0) is 44.2 Å². The highest BCUT2D eigenvalue weighted by atomic mass is 35.5. The molecule has 0 spiro atoms. The average Bonchev–Trinajstić information content (AvgIpc) is 2.32. The second-order valence-corrected chi connectivity index (χ2v) is 7.22. The maximum Gasteiger partial charge on any atom is 0.145 e. The van der Waals surface area contributed by atoms with Crippen LogP contribution in [0.4, 0.5) is 4.39 Å². The second-order valence-electron chi connectivity index (χ2n) is 5.11. The Morgan fingerprint density at radius 2 is 2.16 bits per heavy atom. The van der Waals surface area contributed by atoms with Crippen molar-refractivity contribution in [3.8, 4) is 0 Å². The van der Waals surface area contributed by atoms with E-state index in [1.54, 1.807) is 26.0 Å². The molecule has 0 amide bonds. The molecule has 0 aromatic heterocycles. The molecule has 6 heteroatoms. The van der Waals surface area contributed by atoms with Crippen molar-refractivity contribution in [2.45, 2.75) is 37.4 Å². The Morgan fingerprint density at radius 3 is 2.68 bits per heavy atom. The molecule has 1 rings (SSSR count). The fraction of sp³-hybridized carbons (Fsp3) is 0.538. The van der Waals surface area contributed by atoms with E-state index in [2.05, 4.69) is 0 Å². The van der Waals surface area contributed by atoms with Crippen LogP contribution in [-0.4, -0.2) is 20.7 Å². The molecule has 1 unspecified atom stereocenters. The van der Waals surface area contributed by atoms with Crippen LogP contribution in [0.15, 0.2) is 18.2 Å². The maximum absolute atomic E-state index is 14.0. The maximum atomic E-state index is 14.0. The SMILES string of the molecule is CC(C)(C[C@H](CCO)c1cccc(Cl)c1F)S(N)=O. The smallest absolute Gasteiger partial charge is 0.145 e. The zero-order valence-electron chi connectivity index (χ0n) is 11.0. The lowest BCUT2D eigenvalue weighted by Gasteiger charge is -2.27. The summed E-state index contributed by atoms with van der Waals surface area (Å²) >= 11 is 5.77. The van der Waals surface area contributed by atoms with Crippen molar-refractivity contribution < 1.29 is 13.7 Å². The van der Waals surface area contributed by atoms with Crippen molar-refractivity contribution in [2.75, 3.05) is 6.61 Å². The highest BCUT2D eigenvalue weighted by Gasteiger charge is 2.30.